The van der Waals surface area contributed by atoms with Crippen molar-refractivity contribution >= 4 is 5.97 Å². The second-order valence-corrected chi connectivity index (χ2v) is 4.62. The van der Waals surface area contributed by atoms with Gasteiger partial charge in [0.25, 0.3) is 0 Å². The maximum atomic E-state index is 11.1. The van der Waals surface area contributed by atoms with Gasteiger partial charge in [-0.2, -0.15) is 5.10 Å². The number of aryl methyl sites for hydroxylation is 1. The number of carbonyl (C=O) groups is 1. The van der Waals surface area contributed by atoms with Gasteiger partial charge in [-0.25, -0.2) is 4.79 Å². The molecule has 0 fully saturated rings. The SMILES string of the molecule is COCc1ccc(-c2cc(C(=O)O)nn2C)c(OC)c1OC. The summed E-state index contributed by atoms with van der Waals surface area (Å²) in [5, 5.41) is 13.0. The Morgan fingerprint density at radius 3 is 2.41 bits per heavy atom. The lowest BCUT2D eigenvalue weighted by Gasteiger charge is -2.16. The molecule has 0 aliphatic carbocycles. The first-order chi connectivity index (χ1) is 10.5. The van der Waals surface area contributed by atoms with Crippen molar-refractivity contribution in [3.63, 3.8) is 0 Å². The fraction of sp³-hybridized carbons (Fsp3) is 0.333. The standard InChI is InChI=1S/C15H18N2O5/c1-17-12(7-11(16-17)15(18)19)10-6-5-9(8-20-2)13(21-3)14(10)22-4/h5-7H,8H2,1-4H3,(H,18,19). The largest absolute Gasteiger partial charge is 0.492 e. The quantitative estimate of drug-likeness (QED) is 0.878. The number of methoxy groups -OCH3 is 3. The van der Waals surface area contributed by atoms with E-state index >= 15 is 0 Å². The molecule has 7 heteroatoms. The van der Waals surface area contributed by atoms with E-state index in [-0.39, 0.29) is 5.69 Å². The molecule has 118 valence electrons. The highest BCUT2D eigenvalue weighted by Gasteiger charge is 2.20. The van der Waals surface area contributed by atoms with E-state index in [0.29, 0.717) is 29.4 Å². The molecule has 0 amide bonds. The van der Waals surface area contributed by atoms with Gasteiger partial charge in [0.15, 0.2) is 17.2 Å². The summed E-state index contributed by atoms with van der Waals surface area (Å²) in [6.45, 7) is 0.381. The minimum Gasteiger partial charge on any atom is -0.492 e. The van der Waals surface area contributed by atoms with Gasteiger partial charge >= 0.3 is 5.97 Å². The first-order valence-corrected chi connectivity index (χ1v) is 6.54. The molecule has 1 aromatic heterocycles. The molecule has 0 unspecified atom stereocenters. The molecule has 1 N–H and O–H groups in total. The number of ether oxygens (including phenoxy) is 3. The summed E-state index contributed by atoms with van der Waals surface area (Å²) in [5.41, 5.74) is 2.13. The number of rotatable bonds is 6. The van der Waals surface area contributed by atoms with Crippen molar-refractivity contribution in [3.8, 4) is 22.8 Å². The summed E-state index contributed by atoms with van der Waals surface area (Å²) >= 11 is 0. The van der Waals surface area contributed by atoms with E-state index < -0.39 is 5.97 Å². The Hall–Kier alpha value is -2.54. The minimum absolute atomic E-state index is 0.0283. The van der Waals surface area contributed by atoms with Crippen LogP contribution in [0.5, 0.6) is 11.5 Å². The predicted molar refractivity (Wildman–Crippen MR) is 79.4 cm³/mol. The number of carboxylic acids is 1. The zero-order valence-corrected chi connectivity index (χ0v) is 12.9. The molecule has 2 aromatic rings. The molecule has 0 radical (unpaired) electrons. The number of aromatic carboxylic acids is 1. The molecule has 22 heavy (non-hydrogen) atoms. The highest BCUT2D eigenvalue weighted by molar-refractivity contribution is 5.87. The minimum atomic E-state index is -1.08. The summed E-state index contributed by atoms with van der Waals surface area (Å²) in [5.74, 6) is -0.0132. The molecular weight excluding hydrogens is 288 g/mol. The number of nitrogens with zero attached hydrogens (tertiary/aromatic N) is 2. The summed E-state index contributed by atoms with van der Waals surface area (Å²) in [4.78, 5) is 11.1. The maximum Gasteiger partial charge on any atom is 0.356 e. The molecule has 2 rings (SSSR count). The molecule has 0 aliphatic heterocycles. The number of hydrogen-bond acceptors (Lipinski definition) is 5. The van der Waals surface area contributed by atoms with Crippen molar-refractivity contribution in [1.82, 2.24) is 9.78 Å². The normalized spacial score (nSPS) is 10.5. The predicted octanol–water partition coefficient (Wildman–Crippen LogP) is 1.95. The molecule has 7 nitrogen and oxygen atoms in total. The van der Waals surface area contributed by atoms with E-state index in [2.05, 4.69) is 5.10 Å². The molecular formula is C15H18N2O5. The highest BCUT2D eigenvalue weighted by atomic mass is 16.5. The molecule has 1 aromatic carbocycles. The number of benzene rings is 1. The van der Waals surface area contributed by atoms with Gasteiger partial charge in [-0.15, -0.1) is 0 Å². The van der Waals surface area contributed by atoms with Crippen LogP contribution in [-0.4, -0.2) is 42.2 Å². The van der Waals surface area contributed by atoms with Gasteiger partial charge in [0, 0.05) is 25.3 Å². The van der Waals surface area contributed by atoms with E-state index in [0.717, 1.165) is 5.56 Å². The van der Waals surface area contributed by atoms with E-state index in [1.807, 2.05) is 12.1 Å². The van der Waals surface area contributed by atoms with E-state index in [9.17, 15) is 4.79 Å². The van der Waals surface area contributed by atoms with Crippen molar-refractivity contribution in [2.45, 2.75) is 6.61 Å². The summed E-state index contributed by atoms with van der Waals surface area (Å²) in [7, 11) is 6.36. The van der Waals surface area contributed by atoms with Crippen molar-refractivity contribution in [1.29, 1.82) is 0 Å². The summed E-state index contributed by atoms with van der Waals surface area (Å²) in [6, 6.07) is 5.18. The second kappa shape index (κ2) is 6.48. The van der Waals surface area contributed by atoms with Crippen molar-refractivity contribution in [3.05, 3.63) is 29.5 Å². The first-order valence-electron chi connectivity index (χ1n) is 6.54. The lowest BCUT2D eigenvalue weighted by molar-refractivity contribution is 0.0689. The third-order valence-electron chi connectivity index (χ3n) is 3.28. The van der Waals surface area contributed by atoms with Gasteiger partial charge in [0.05, 0.1) is 26.5 Å². The Morgan fingerprint density at radius 2 is 1.91 bits per heavy atom. The molecule has 0 spiro atoms. The van der Waals surface area contributed by atoms with Gasteiger partial charge in [0.2, 0.25) is 0 Å². The highest BCUT2D eigenvalue weighted by Crippen LogP contribution is 2.40. The summed E-state index contributed by atoms with van der Waals surface area (Å²) in [6.07, 6.45) is 0. The van der Waals surface area contributed by atoms with Gasteiger partial charge in [-0.3, -0.25) is 4.68 Å². The van der Waals surface area contributed by atoms with Gasteiger partial charge in [0.1, 0.15) is 0 Å². The monoisotopic (exact) mass is 306 g/mol. The van der Waals surface area contributed by atoms with Crippen molar-refractivity contribution < 1.29 is 24.1 Å². The third-order valence-corrected chi connectivity index (χ3v) is 3.28. The Labute approximate surface area is 128 Å². The maximum absolute atomic E-state index is 11.1. The van der Waals surface area contributed by atoms with Crippen LogP contribution in [0.4, 0.5) is 0 Å². The van der Waals surface area contributed by atoms with E-state index in [1.165, 1.54) is 17.9 Å². The van der Waals surface area contributed by atoms with Crippen LogP contribution in [0.2, 0.25) is 0 Å². The molecule has 0 aliphatic rings. The number of carboxylic acid groups (broad SMARTS) is 1. The Kier molecular flexibility index (Phi) is 4.67. The Balaban J connectivity index is 2.63. The van der Waals surface area contributed by atoms with Crippen LogP contribution in [0.15, 0.2) is 18.2 Å². The molecule has 1 heterocycles. The summed E-state index contributed by atoms with van der Waals surface area (Å²) < 4.78 is 17.5. The Bertz CT molecular complexity index is 693. The molecule has 0 saturated heterocycles. The van der Waals surface area contributed by atoms with Crippen LogP contribution in [0, 0.1) is 0 Å². The first kappa shape index (κ1) is 15.8. The number of aromatic nitrogens is 2. The molecule has 0 bridgehead atoms. The van der Waals surface area contributed by atoms with Crippen LogP contribution in [0.25, 0.3) is 11.3 Å². The topological polar surface area (TPSA) is 82.8 Å². The third kappa shape index (κ3) is 2.75. The molecule has 0 saturated carbocycles. The van der Waals surface area contributed by atoms with E-state index in [1.54, 1.807) is 21.3 Å². The fourth-order valence-corrected chi connectivity index (χ4v) is 2.32. The fourth-order valence-electron chi connectivity index (χ4n) is 2.32. The average molecular weight is 306 g/mol. The lowest BCUT2D eigenvalue weighted by atomic mass is 10.1. The number of hydrogen-bond donors (Lipinski definition) is 1. The van der Waals surface area contributed by atoms with Crippen LogP contribution in [0.1, 0.15) is 16.1 Å². The van der Waals surface area contributed by atoms with Crippen LogP contribution in [-0.2, 0) is 18.4 Å². The van der Waals surface area contributed by atoms with Crippen LogP contribution >= 0.6 is 0 Å². The van der Waals surface area contributed by atoms with Gasteiger partial charge in [-0.05, 0) is 12.1 Å². The average Bonchev–Trinajstić information content (AvgIpc) is 2.89. The van der Waals surface area contributed by atoms with Crippen molar-refractivity contribution in [2.75, 3.05) is 21.3 Å². The molecule has 0 atom stereocenters. The van der Waals surface area contributed by atoms with Gasteiger partial charge < -0.3 is 19.3 Å². The second-order valence-electron chi connectivity index (χ2n) is 4.62. The lowest BCUT2D eigenvalue weighted by Crippen LogP contribution is -2.02. The van der Waals surface area contributed by atoms with Crippen molar-refractivity contribution in [2.24, 2.45) is 7.05 Å². The van der Waals surface area contributed by atoms with E-state index in [4.69, 9.17) is 19.3 Å². The zero-order valence-electron chi connectivity index (χ0n) is 12.9. The zero-order chi connectivity index (χ0) is 16.3. The van der Waals surface area contributed by atoms with Crippen LogP contribution < -0.4 is 9.47 Å². The Morgan fingerprint density at radius 1 is 1.23 bits per heavy atom. The smallest absolute Gasteiger partial charge is 0.356 e. The van der Waals surface area contributed by atoms with Crippen LogP contribution in [0.3, 0.4) is 0 Å². The van der Waals surface area contributed by atoms with Gasteiger partial charge in [-0.1, -0.05) is 6.07 Å².